The van der Waals surface area contributed by atoms with Crippen molar-refractivity contribution in [1.29, 1.82) is 0 Å². The summed E-state index contributed by atoms with van der Waals surface area (Å²) < 4.78 is 18.0. The number of halogens is 2. The quantitative estimate of drug-likeness (QED) is 0.844. The minimum Gasteiger partial charge on any atom is -0.266 e. The molecule has 0 saturated carbocycles. The molecule has 2 rings (SSSR count). The zero-order valence-electron chi connectivity index (χ0n) is 8.10. The van der Waals surface area contributed by atoms with Crippen LogP contribution in [0.2, 0.25) is 5.02 Å². The van der Waals surface area contributed by atoms with Gasteiger partial charge in [-0.2, -0.15) is 9.46 Å². The molecule has 0 radical (unpaired) electrons. The van der Waals surface area contributed by atoms with E-state index in [0.717, 1.165) is 5.56 Å². The van der Waals surface area contributed by atoms with Crippen molar-refractivity contribution in [3.8, 4) is 0 Å². The summed E-state index contributed by atoms with van der Waals surface area (Å²) in [5, 5.41) is 4.46. The van der Waals surface area contributed by atoms with Crippen LogP contribution in [-0.4, -0.2) is 9.78 Å². The average Bonchev–Trinajstić information content (AvgIpc) is 2.70. The van der Waals surface area contributed by atoms with Gasteiger partial charge in [0.2, 0.25) is 0 Å². The Morgan fingerprint density at radius 3 is 2.88 bits per heavy atom. The van der Waals surface area contributed by atoms with E-state index in [0.29, 0.717) is 17.4 Å². The monoisotopic (exact) mass is 255 g/mol. The van der Waals surface area contributed by atoms with Crippen molar-refractivity contribution in [2.24, 2.45) is 4.36 Å². The normalized spacial score (nSPS) is 10.4. The molecular weight excluding hydrogens is 249 g/mol. The van der Waals surface area contributed by atoms with Gasteiger partial charge in [0, 0.05) is 29.7 Å². The van der Waals surface area contributed by atoms with E-state index in [-0.39, 0.29) is 5.82 Å². The summed E-state index contributed by atoms with van der Waals surface area (Å²) in [7, 11) is 0. The predicted octanol–water partition coefficient (Wildman–Crippen LogP) is 3.09. The molecule has 16 heavy (non-hydrogen) atoms. The molecule has 0 saturated heterocycles. The highest BCUT2D eigenvalue weighted by Crippen LogP contribution is 2.18. The standard InChI is InChI=1S/C10H7ClFN3S/c11-9-5-8(12)2-1-7(9)6-15-4-3-10(13-15)14-16/h1-5H,6H2. The molecule has 3 nitrogen and oxygen atoms in total. The number of rotatable bonds is 3. The molecule has 6 heteroatoms. The van der Waals surface area contributed by atoms with Gasteiger partial charge in [-0.1, -0.05) is 17.7 Å². The first kappa shape index (κ1) is 11.2. The van der Waals surface area contributed by atoms with E-state index in [1.165, 1.54) is 12.1 Å². The van der Waals surface area contributed by atoms with Crippen LogP contribution in [-0.2, 0) is 19.0 Å². The van der Waals surface area contributed by atoms with Gasteiger partial charge in [0.1, 0.15) is 5.82 Å². The van der Waals surface area contributed by atoms with Gasteiger partial charge in [-0.15, -0.1) is 0 Å². The minimum atomic E-state index is -0.351. The fourth-order valence-electron chi connectivity index (χ4n) is 1.31. The summed E-state index contributed by atoms with van der Waals surface area (Å²) in [6.07, 6.45) is 1.74. The van der Waals surface area contributed by atoms with Crippen molar-refractivity contribution in [1.82, 2.24) is 9.78 Å². The zero-order chi connectivity index (χ0) is 11.5. The van der Waals surface area contributed by atoms with E-state index < -0.39 is 0 Å². The summed E-state index contributed by atoms with van der Waals surface area (Å²) in [4.78, 5) is 0. The molecule has 1 aromatic heterocycles. The topological polar surface area (TPSA) is 30.2 Å². The summed E-state index contributed by atoms with van der Waals surface area (Å²) >= 11 is 10.4. The van der Waals surface area contributed by atoms with Gasteiger partial charge in [0.15, 0.2) is 5.82 Å². The van der Waals surface area contributed by atoms with Gasteiger partial charge in [-0.05, 0) is 17.7 Å². The van der Waals surface area contributed by atoms with Gasteiger partial charge < -0.3 is 0 Å². The zero-order valence-corrected chi connectivity index (χ0v) is 9.67. The van der Waals surface area contributed by atoms with Crippen molar-refractivity contribution in [3.05, 3.63) is 46.9 Å². The van der Waals surface area contributed by atoms with Crippen LogP contribution in [0.15, 0.2) is 34.8 Å². The molecule has 0 aliphatic heterocycles. The molecule has 0 bridgehead atoms. The second kappa shape index (κ2) is 4.67. The number of hydrogen-bond acceptors (Lipinski definition) is 3. The molecule has 0 aliphatic rings. The molecule has 0 aliphatic carbocycles. The van der Waals surface area contributed by atoms with Crippen molar-refractivity contribution in [2.75, 3.05) is 0 Å². The third-order valence-corrected chi connectivity index (χ3v) is 2.61. The third-order valence-electron chi connectivity index (χ3n) is 2.07. The maximum atomic E-state index is 12.8. The largest absolute Gasteiger partial charge is 0.266 e. The molecule has 82 valence electrons. The van der Waals surface area contributed by atoms with Gasteiger partial charge in [-0.25, -0.2) is 4.39 Å². The van der Waals surface area contributed by atoms with Crippen LogP contribution < -0.4 is 0 Å². The van der Waals surface area contributed by atoms with E-state index in [2.05, 4.69) is 21.9 Å². The summed E-state index contributed by atoms with van der Waals surface area (Å²) in [5.74, 6) is 0.128. The molecule has 0 spiro atoms. The lowest BCUT2D eigenvalue weighted by Crippen LogP contribution is -2.00. The van der Waals surface area contributed by atoms with E-state index in [1.54, 1.807) is 23.0 Å². The maximum absolute atomic E-state index is 12.8. The van der Waals surface area contributed by atoms with Crippen LogP contribution in [0, 0.1) is 5.82 Å². The molecule has 0 fully saturated rings. The van der Waals surface area contributed by atoms with Crippen LogP contribution >= 0.6 is 11.6 Å². The lowest BCUT2D eigenvalue weighted by atomic mass is 10.2. The minimum absolute atomic E-state index is 0.351. The highest BCUT2D eigenvalue weighted by molar-refractivity contribution is 7.47. The van der Waals surface area contributed by atoms with Crippen LogP contribution in [0.3, 0.4) is 0 Å². The van der Waals surface area contributed by atoms with E-state index in [1.807, 2.05) is 0 Å². The maximum Gasteiger partial charge on any atom is 0.187 e. The molecule has 0 N–H and O–H groups in total. The second-order valence-corrected chi connectivity index (χ2v) is 3.79. The Hall–Kier alpha value is -1.33. The summed E-state index contributed by atoms with van der Waals surface area (Å²) in [6.45, 7) is 0.462. The van der Waals surface area contributed by atoms with Crippen molar-refractivity contribution in [3.63, 3.8) is 0 Å². The molecule has 2 aromatic rings. The third kappa shape index (κ3) is 2.43. The van der Waals surface area contributed by atoms with Crippen LogP contribution in [0.4, 0.5) is 10.2 Å². The Morgan fingerprint density at radius 1 is 1.44 bits per heavy atom. The van der Waals surface area contributed by atoms with Gasteiger partial charge in [-0.3, -0.25) is 4.68 Å². The first-order chi connectivity index (χ1) is 7.69. The predicted molar refractivity (Wildman–Crippen MR) is 62.2 cm³/mol. The number of hydrogen-bond donors (Lipinski definition) is 0. The fourth-order valence-corrected chi connectivity index (χ4v) is 1.64. The Labute approximate surface area is 102 Å². The smallest absolute Gasteiger partial charge is 0.187 e. The van der Waals surface area contributed by atoms with E-state index >= 15 is 0 Å². The first-order valence-corrected chi connectivity index (χ1v) is 5.24. The molecule has 1 heterocycles. The number of aromatic nitrogens is 2. The van der Waals surface area contributed by atoms with E-state index in [4.69, 9.17) is 11.6 Å². The Balaban J connectivity index is 2.23. The van der Waals surface area contributed by atoms with Gasteiger partial charge >= 0.3 is 0 Å². The Morgan fingerprint density at radius 2 is 2.25 bits per heavy atom. The number of benzene rings is 1. The van der Waals surface area contributed by atoms with E-state index in [9.17, 15) is 4.39 Å². The molecule has 0 atom stereocenters. The Kier molecular flexibility index (Phi) is 3.26. The average molecular weight is 256 g/mol. The van der Waals surface area contributed by atoms with Crippen molar-refractivity contribution < 1.29 is 4.39 Å². The van der Waals surface area contributed by atoms with Crippen LogP contribution in [0.5, 0.6) is 0 Å². The number of nitrogens with zero attached hydrogens (tertiary/aromatic N) is 3. The molecular formula is C10H7ClFN3S. The van der Waals surface area contributed by atoms with Crippen LogP contribution in [0.25, 0.3) is 0 Å². The van der Waals surface area contributed by atoms with Crippen molar-refractivity contribution >= 4 is 29.8 Å². The molecule has 0 unspecified atom stereocenters. The molecule has 0 amide bonds. The molecule has 1 aromatic carbocycles. The lowest BCUT2D eigenvalue weighted by Gasteiger charge is -2.04. The van der Waals surface area contributed by atoms with Crippen LogP contribution in [0.1, 0.15) is 5.56 Å². The summed E-state index contributed by atoms with van der Waals surface area (Å²) in [5.41, 5.74) is 0.794. The highest BCUT2D eigenvalue weighted by Gasteiger charge is 2.04. The fraction of sp³-hybridized carbons (Fsp3) is 0.100. The Bertz CT molecular complexity index is 527. The lowest BCUT2D eigenvalue weighted by molar-refractivity contribution is 0.624. The second-order valence-electron chi connectivity index (χ2n) is 3.20. The first-order valence-electron chi connectivity index (χ1n) is 4.50. The highest BCUT2D eigenvalue weighted by atomic mass is 35.5. The van der Waals surface area contributed by atoms with Crippen molar-refractivity contribution in [2.45, 2.75) is 6.54 Å². The SMILES string of the molecule is Fc1ccc(Cn2ccc(N=S)n2)c(Cl)c1. The van der Waals surface area contributed by atoms with Gasteiger partial charge in [0.05, 0.1) is 6.54 Å². The van der Waals surface area contributed by atoms with Gasteiger partial charge in [0.25, 0.3) is 0 Å². The summed E-state index contributed by atoms with van der Waals surface area (Å²) in [6, 6.07) is 5.97.